The van der Waals surface area contributed by atoms with Crippen molar-refractivity contribution in [1.29, 1.82) is 0 Å². The molecule has 1 fully saturated rings. The van der Waals surface area contributed by atoms with E-state index in [0.717, 1.165) is 43.0 Å². The molecule has 7 nitrogen and oxygen atoms in total. The number of hydrogen-bond acceptors (Lipinski definition) is 5. The fourth-order valence-electron chi connectivity index (χ4n) is 3.69. The van der Waals surface area contributed by atoms with Crippen molar-refractivity contribution in [1.82, 2.24) is 24.8 Å². The maximum absolute atomic E-state index is 12.9. The van der Waals surface area contributed by atoms with Crippen LogP contribution in [0.1, 0.15) is 54.3 Å². The SMILES string of the molecule is Cc1nc(C2CCCN(C(=O)C(C)Cc3c(C)nn(C)c3C)C2)no1. The fourth-order valence-corrected chi connectivity index (χ4v) is 3.69. The zero-order chi connectivity index (χ0) is 18.1. The third kappa shape index (κ3) is 3.60. The van der Waals surface area contributed by atoms with Gasteiger partial charge in [0, 0.05) is 44.6 Å². The topological polar surface area (TPSA) is 77.1 Å². The van der Waals surface area contributed by atoms with Crippen molar-refractivity contribution in [3.05, 3.63) is 28.7 Å². The second kappa shape index (κ2) is 6.98. The molecule has 7 heteroatoms. The molecule has 25 heavy (non-hydrogen) atoms. The van der Waals surface area contributed by atoms with Crippen molar-refractivity contribution in [3.63, 3.8) is 0 Å². The van der Waals surface area contributed by atoms with E-state index in [0.29, 0.717) is 12.4 Å². The lowest BCUT2D eigenvalue weighted by atomic mass is 9.94. The highest BCUT2D eigenvalue weighted by Crippen LogP contribution is 2.27. The number of aryl methyl sites for hydroxylation is 3. The van der Waals surface area contributed by atoms with Gasteiger partial charge in [0.2, 0.25) is 11.8 Å². The van der Waals surface area contributed by atoms with E-state index in [1.165, 1.54) is 5.56 Å². The molecule has 0 saturated carbocycles. The van der Waals surface area contributed by atoms with Gasteiger partial charge in [0.25, 0.3) is 0 Å². The first-order chi connectivity index (χ1) is 11.9. The summed E-state index contributed by atoms with van der Waals surface area (Å²) in [7, 11) is 1.94. The molecule has 0 spiro atoms. The molecule has 3 heterocycles. The van der Waals surface area contributed by atoms with Gasteiger partial charge in [0.1, 0.15) is 0 Å². The van der Waals surface area contributed by atoms with Gasteiger partial charge in [-0.15, -0.1) is 0 Å². The molecule has 0 radical (unpaired) electrons. The van der Waals surface area contributed by atoms with Crippen LogP contribution in [0.3, 0.4) is 0 Å². The van der Waals surface area contributed by atoms with Crippen molar-refractivity contribution >= 4 is 5.91 Å². The molecule has 3 rings (SSSR count). The minimum absolute atomic E-state index is 0.0626. The predicted octanol–water partition coefficient (Wildman–Crippen LogP) is 2.31. The van der Waals surface area contributed by atoms with Crippen LogP contribution in [-0.2, 0) is 18.3 Å². The third-order valence-corrected chi connectivity index (χ3v) is 5.23. The number of rotatable bonds is 4. The summed E-state index contributed by atoms with van der Waals surface area (Å²) in [5, 5.41) is 8.49. The van der Waals surface area contributed by atoms with E-state index in [1.54, 1.807) is 6.92 Å². The predicted molar refractivity (Wildman–Crippen MR) is 93.1 cm³/mol. The molecule has 1 aliphatic rings. The Bertz CT molecular complexity index is 764. The Morgan fingerprint density at radius 1 is 1.36 bits per heavy atom. The van der Waals surface area contributed by atoms with Crippen LogP contribution in [0.25, 0.3) is 0 Å². The Labute approximate surface area is 148 Å². The van der Waals surface area contributed by atoms with Gasteiger partial charge in [-0.2, -0.15) is 10.1 Å². The van der Waals surface area contributed by atoms with Crippen molar-refractivity contribution in [2.45, 2.75) is 52.9 Å². The average Bonchev–Trinajstić information content (AvgIpc) is 3.13. The number of amides is 1. The zero-order valence-corrected chi connectivity index (χ0v) is 15.7. The summed E-state index contributed by atoms with van der Waals surface area (Å²) in [5.41, 5.74) is 3.33. The van der Waals surface area contributed by atoms with Crippen molar-refractivity contribution in [2.75, 3.05) is 13.1 Å². The van der Waals surface area contributed by atoms with Crippen LogP contribution in [-0.4, -0.2) is 43.8 Å². The monoisotopic (exact) mass is 345 g/mol. The molecule has 136 valence electrons. The molecule has 1 saturated heterocycles. The first-order valence-electron chi connectivity index (χ1n) is 8.95. The van der Waals surface area contributed by atoms with Crippen molar-refractivity contribution in [3.8, 4) is 0 Å². The van der Waals surface area contributed by atoms with Gasteiger partial charge < -0.3 is 9.42 Å². The lowest BCUT2D eigenvalue weighted by molar-refractivity contribution is -0.136. The normalized spacial score (nSPS) is 19.2. The second-order valence-corrected chi connectivity index (χ2v) is 7.17. The van der Waals surface area contributed by atoms with Gasteiger partial charge in [-0.25, -0.2) is 0 Å². The summed E-state index contributed by atoms with van der Waals surface area (Å²) in [6.45, 7) is 9.35. The first kappa shape index (κ1) is 17.6. The highest BCUT2D eigenvalue weighted by atomic mass is 16.5. The van der Waals surface area contributed by atoms with E-state index in [9.17, 15) is 4.79 Å². The van der Waals surface area contributed by atoms with Crippen LogP contribution in [0.4, 0.5) is 0 Å². The lowest BCUT2D eigenvalue weighted by Crippen LogP contribution is -2.42. The molecule has 2 unspecified atom stereocenters. The van der Waals surface area contributed by atoms with Gasteiger partial charge in [-0.05, 0) is 38.7 Å². The summed E-state index contributed by atoms with van der Waals surface area (Å²) < 4.78 is 6.98. The molecular weight excluding hydrogens is 318 g/mol. The number of likely N-dealkylation sites (tertiary alicyclic amines) is 1. The zero-order valence-electron chi connectivity index (χ0n) is 15.7. The summed E-state index contributed by atoms with van der Waals surface area (Å²) in [6.07, 6.45) is 2.70. The largest absolute Gasteiger partial charge is 0.342 e. The van der Waals surface area contributed by atoms with Gasteiger partial charge >= 0.3 is 0 Å². The molecule has 0 N–H and O–H groups in total. The number of nitrogens with zero attached hydrogens (tertiary/aromatic N) is 5. The molecule has 2 atom stereocenters. The maximum atomic E-state index is 12.9. The molecular formula is C18H27N5O2. The smallest absolute Gasteiger partial charge is 0.225 e. The summed E-state index contributed by atoms with van der Waals surface area (Å²) in [6, 6.07) is 0. The van der Waals surface area contributed by atoms with Crippen molar-refractivity contribution in [2.24, 2.45) is 13.0 Å². The van der Waals surface area contributed by atoms with Crippen LogP contribution in [0.15, 0.2) is 4.52 Å². The number of piperidine rings is 1. The van der Waals surface area contributed by atoms with Gasteiger partial charge in [0.05, 0.1) is 5.69 Å². The quantitative estimate of drug-likeness (QED) is 0.850. The molecule has 1 aliphatic heterocycles. The molecule has 0 aromatic carbocycles. The summed E-state index contributed by atoms with van der Waals surface area (Å²) in [4.78, 5) is 19.3. The van der Waals surface area contributed by atoms with Crippen LogP contribution in [0.2, 0.25) is 0 Å². The van der Waals surface area contributed by atoms with Crippen LogP contribution >= 0.6 is 0 Å². The average molecular weight is 345 g/mol. The van der Waals surface area contributed by atoms with E-state index < -0.39 is 0 Å². The molecule has 2 aromatic rings. The molecule has 0 aliphatic carbocycles. The van der Waals surface area contributed by atoms with E-state index >= 15 is 0 Å². The van der Waals surface area contributed by atoms with E-state index in [2.05, 4.69) is 22.2 Å². The Hall–Kier alpha value is -2.18. The van der Waals surface area contributed by atoms with Crippen LogP contribution in [0, 0.1) is 26.7 Å². The second-order valence-electron chi connectivity index (χ2n) is 7.17. The molecule has 2 aromatic heterocycles. The van der Waals surface area contributed by atoms with E-state index in [1.807, 2.05) is 30.5 Å². The van der Waals surface area contributed by atoms with Crippen LogP contribution in [0.5, 0.6) is 0 Å². The third-order valence-electron chi connectivity index (χ3n) is 5.23. The number of hydrogen-bond donors (Lipinski definition) is 0. The highest BCUT2D eigenvalue weighted by Gasteiger charge is 2.30. The number of aromatic nitrogens is 4. The summed E-state index contributed by atoms with van der Waals surface area (Å²) in [5.74, 6) is 1.61. The lowest BCUT2D eigenvalue weighted by Gasteiger charge is -2.33. The van der Waals surface area contributed by atoms with Crippen molar-refractivity contribution < 1.29 is 9.32 Å². The Kier molecular flexibility index (Phi) is 4.92. The summed E-state index contributed by atoms with van der Waals surface area (Å²) >= 11 is 0. The van der Waals surface area contributed by atoms with Gasteiger partial charge in [0.15, 0.2) is 5.82 Å². The molecule has 0 bridgehead atoms. The maximum Gasteiger partial charge on any atom is 0.225 e. The minimum atomic E-state index is -0.0626. The Morgan fingerprint density at radius 3 is 2.72 bits per heavy atom. The Morgan fingerprint density at radius 2 is 2.12 bits per heavy atom. The standard InChI is InChI=1S/C18H27N5O2/c1-11(9-16-12(2)20-22(5)13(16)3)18(24)23-8-6-7-15(10-23)17-19-14(4)25-21-17/h11,15H,6-10H2,1-5H3. The Balaban J connectivity index is 1.67. The first-order valence-corrected chi connectivity index (χ1v) is 8.95. The van der Waals surface area contributed by atoms with Gasteiger partial charge in [-0.3, -0.25) is 9.48 Å². The van der Waals surface area contributed by atoms with E-state index in [-0.39, 0.29) is 17.7 Å². The van der Waals surface area contributed by atoms with Gasteiger partial charge in [-0.1, -0.05) is 12.1 Å². The van der Waals surface area contributed by atoms with Crippen LogP contribution < -0.4 is 0 Å². The fraction of sp³-hybridized carbons (Fsp3) is 0.667. The van der Waals surface area contributed by atoms with E-state index in [4.69, 9.17) is 4.52 Å². The minimum Gasteiger partial charge on any atom is -0.342 e. The highest BCUT2D eigenvalue weighted by molar-refractivity contribution is 5.79. The number of carbonyl (C=O) groups excluding carboxylic acids is 1. The molecule has 1 amide bonds. The number of carbonyl (C=O) groups is 1.